The Morgan fingerprint density at radius 2 is 1.55 bits per heavy atom. The molecule has 0 aromatic carbocycles. The molecule has 0 saturated heterocycles. The van der Waals surface area contributed by atoms with Gasteiger partial charge in [0.05, 0.1) is 0 Å². The van der Waals surface area contributed by atoms with Gasteiger partial charge in [0, 0.05) is 6.42 Å². The van der Waals surface area contributed by atoms with Crippen molar-refractivity contribution in [1.82, 2.24) is 5.32 Å². The number of carboxylic acid groups (broad SMARTS) is 1. The molecule has 5 nitrogen and oxygen atoms in total. The minimum atomic E-state index is -0.957. The number of carbonyl (C=O) groups is 2. The molecule has 22 heavy (non-hydrogen) atoms. The van der Waals surface area contributed by atoms with E-state index >= 15 is 0 Å². The second-order valence-corrected chi connectivity index (χ2v) is 5.97. The lowest BCUT2D eigenvalue weighted by Crippen LogP contribution is -2.40. The van der Waals surface area contributed by atoms with E-state index < -0.39 is 12.0 Å². The number of nitrogens with two attached hydrogens (primary N) is 1. The van der Waals surface area contributed by atoms with E-state index in [-0.39, 0.29) is 5.91 Å². The highest BCUT2D eigenvalue weighted by Gasteiger charge is 2.18. The third kappa shape index (κ3) is 12.6. The van der Waals surface area contributed by atoms with Crippen LogP contribution in [0.2, 0.25) is 0 Å². The average Bonchev–Trinajstić information content (AvgIpc) is 2.49. The van der Waals surface area contributed by atoms with Crippen molar-refractivity contribution in [2.45, 2.75) is 90.0 Å². The van der Waals surface area contributed by atoms with Gasteiger partial charge in [0.15, 0.2) is 0 Å². The molecule has 0 spiro atoms. The molecule has 0 rings (SSSR count). The van der Waals surface area contributed by atoms with Crippen LogP contribution in [0.4, 0.5) is 0 Å². The van der Waals surface area contributed by atoms with E-state index in [0.29, 0.717) is 19.4 Å². The zero-order chi connectivity index (χ0) is 16.6. The number of nitrogens with one attached hydrogen (secondary N) is 1. The number of amides is 1. The molecule has 1 amide bonds. The Morgan fingerprint density at radius 3 is 2.09 bits per heavy atom. The lowest BCUT2D eigenvalue weighted by Gasteiger charge is -2.14. The molecule has 0 aromatic heterocycles. The van der Waals surface area contributed by atoms with Crippen molar-refractivity contribution in [1.29, 1.82) is 0 Å². The van der Waals surface area contributed by atoms with E-state index in [9.17, 15) is 9.59 Å². The first-order chi connectivity index (χ1) is 10.6. The van der Waals surface area contributed by atoms with E-state index in [1.54, 1.807) is 0 Å². The van der Waals surface area contributed by atoms with Gasteiger partial charge in [-0.1, -0.05) is 51.9 Å². The summed E-state index contributed by atoms with van der Waals surface area (Å²) in [4.78, 5) is 22.9. The molecule has 0 aliphatic rings. The first kappa shape index (κ1) is 20.9. The first-order valence-electron chi connectivity index (χ1n) is 8.84. The summed E-state index contributed by atoms with van der Waals surface area (Å²) in [5.41, 5.74) is 5.39. The van der Waals surface area contributed by atoms with Crippen LogP contribution in [0.5, 0.6) is 0 Å². The molecule has 0 fully saturated rings. The summed E-state index contributed by atoms with van der Waals surface area (Å²) in [7, 11) is 0. The van der Waals surface area contributed by atoms with Crippen LogP contribution < -0.4 is 11.1 Å². The van der Waals surface area contributed by atoms with Crippen LogP contribution in [0.3, 0.4) is 0 Å². The Labute approximate surface area is 135 Å². The summed E-state index contributed by atoms with van der Waals surface area (Å²) in [5, 5.41) is 11.7. The zero-order valence-electron chi connectivity index (χ0n) is 14.1. The van der Waals surface area contributed by atoms with Gasteiger partial charge in [0.25, 0.3) is 0 Å². The molecule has 0 aliphatic heterocycles. The molecule has 0 radical (unpaired) electrons. The molecule has 0 saturated carbocycles. The minimum absolute atomic E-state index is 0.147. The van der Waals surface area contributed by atoms with E-state index in [2.05, 4.69) is 12.2 Å². The summed E-state index contributed by atoms with van der Waals surface area (Å²) in [6.07, 6.45) is 11.8. The molecule has 0 aromatic rings. The third-order valence-corrected chi connectivity index (χ3v) is 3.84. The van der Waals surface area contributed by atoms with Gasteiger partial charge < -0.3 is 16.2 Å². The number of carbonyl (C=O) groups excluding carboxylic acids is 1. The number of unbranched alkanes of at least 4 members (excludes halogenated alkanes) is 8. The van der Waals surface area contributed by atoms with Gasteiger partial charge in [-0.15, -0.1) is 0 Å². The summed E-state index contributed by atoms with van der Waals surface area (Å²) >= 11 is 0. The SMILES string of the molecule is CCCCCCCCCCC(=O)N[C@@H](CCCCN)C(=O)O. The smallest absolute Gasteiger partial charge is 0.326 e. The highest BCUT2D eigenvalue weighted by atomic mass is 16.4. The largest absolute Gasteiger partial charge is 0.480 e. The van der Waals surface area contributed by atoms with Gasteiger partial charge >= 0.3 is 5.97 Å². The number of rotatable bonds is 15. The minimum Gasteiger partial charge on any atom is -0.480 e. The maximum Gasteiger partial charge on any atom is 0.326 e. The maximum absolute atomic E-state index is 11.8. The Balaban J connectivity index is 3.66. The van der Waals surface area contributed by atoms with Crippen LogP contribution >= 0.6 is 0 Å². The number of aliphatic carboxylic acids is 1. The van der Waals surface area contributed by atoms with Crippen molar-refractivity contribution in [2.24, 2.45) is 5.73 Å². The molecule has 0 unspecified atom stereocenters. The highest BCUT2D eigenvalue weighted by molar-refractivity contribution is 5.83. The summed E-state index contributed by atoms with van der Waals surface area (Å²) in [6.45, 7) is 2.76. The van der Waals surface area contributed by atoms with Crippen molar-refractivity contribution < 1.29 is 14.7 Å². The fourth-order valence-electron chi connectivity index (χ4n) is 2.44. The van der Waals surface area contributed by atoms with Crippen LogP contribution in [0.25, 0.3) is 0 Å². The molecule has 130 valence electrons. The maximum atomic E-state index is 11.8. The number of carboxylic acids is 1. The standard InChI is InChI=1S/C17H34N2O3/c1-2-3-4-5-6-7-8-9-13-16(20)19-15(17(21)22)12-10-11-14-18/h15H,2-14,18H2,1H3,(H,19,20)(H,21,22)/t15-/m0/s1. The van der Waals surface area contributed by atoms with Crippen molar-refractivity contribution in [3.8, 4) is 0 Å². The van der Waals surface area contributed by atoms with Crippen molar-refractivity contribution >= 4 is 11.9 Å². The Hall–Kier alpha value is -1.10. The van der Waals surface area contributed by atoms with Crippen LogP contribution in [-0.2, 0) is 9.59 Å². The van der Waals surface area contributed by atoms with Gasteiger partial charge in [-0.05, 0) is 32.2 Å². The van der Waals surface area contributed by atoms with Crippen molar-refractivity contribution in [3.63, 3.8) is 0 Å². The number of hydrogen-bond acceptors (Lipinski definition) is 3. The van der Waals surface area contributed by atoms with Crippen LogP contribution in [0.15, 0.2) is 0 Å². The Kier molecular flexibility index (Phi) is 14.1. The fraction of sp³-hybridized carbons (Fsp3) is 0.882. The highest BCUT2D eigenvalue weighted by Crippen LogP contribution is 2.10. The normalized spacial score (nSPS) is 12.1. The quantitative estimate of drug-likeness (QED) is 0.405. The van der Waals surface area contributed by atoms with Gasteiger partial charge in [0.1, 0.15) is 6.04 Å². The van der Waals surface area contributed by atoms with Crippen LogP contribution in [0.1, 0.15) is 84.0 Å². The van der Waals surface area contributed by atoms with E-state index in [0.717, 1.165) is 32.1 Å². The van der Waals surface area contributed by atoms with Gasteiger partial charge in [-0.3, -0.25) is 4.79 Å². The van der Waals surface area contributed by atoms with Gasteiger partial charge in [-0.25, -0.2) is 4.79 Å². The van der Waals surface area contributed by atoms with E-state index in [1.807, 2.05) is 0 Å². The molecule has 0 bridgehead atoms. The third-order valence-electron chi connectivity index (χ3n) is 3.84. The van der Waals surface area contributed by atoms with Gasteiger partial charge in [-0.2, -0.15) is 0 Å². The van der Waals surface area contributed by atoms with E-state index in [1.165, 1.54) is 32.1 Å². The fourth-order valence-corrected chi connectivity index (χ4v) is 2.44. The Bertz CT molecular complexity index is 296. The van der Waals surface area contributed by atoms with E-state index in [4.69, 9.17) is 10.8 Å². The molecule has 1 atom stereocenters. The van der Waals surface area contributed by atoms with Crippen molar-refractivity contribution in [3.05, 3.63) is 0 Å². The van der Waals surface area contributed by atoms with Gasteiger partial charge in [0.2, 0.25) is 5.91 Å². The predicted octanol–water partition coefficient (Wildman–Crippen LogP) is 3.22. The molecule has 0 heterocycles. The molecule has 4 N–H and O–H groups in total. The van der Waals surface area contributed by atoms with Crippen LogP contribution in [0, 0.1) is 0 Å². The second kappa shape index (κ2) is 14.8. The molecular weight excluding hydrogens is 280 g/mol. The summed E-state index contributed by atoms with van der Waals surface area (Å²) in [6, 6.07) is -0.770. The molecule has 5 heteroatoms. The molecular formula is C17H34N2O3. The second-order valence-electron chi connectivity index (χ2n) is 5.97. The summed E-state index contributed by atoms with van der Waals surface area (Å²) in [5.74, 6) is -1.10. The number of hydrogen-bond donors (Lipinski definition) is 3. The topological polar surface area (TPSA) is 92.4 Å². The first-order valence-corrected chi connectivity index (χ1v) is 8.84. The van der Waals surface area contributed by atoms with Crippen molar-refractivity contribution in [2.75, 3.05) is 6.54 Å². The lowest BCUT2D eigenvalue weighted by atomic mass is 10.1. The average molecular weight is 314 g/mol. The van der Waals surface area contributed by atoms with Crippen LogP contribution in [-0.4, -0.2) is 29.6 Å². The monoisotopic (exact) mass is 314 g/mol. The lowest BCUT2D eigenvalue weighted by molar-refractivity contribution is -0.142. The predicted molar refractivity (Wildman–Crippen MR) is 89.7 cm³/mol. The Morgan fingerprint density at radius 1 is 0.955 bits per heavy atom. The summed E-state index contributed by atoms with van der Waals surface area (Å²) < 4.78 is 0. The molecule has 0 aliphatic carbocycles. The zero-order valence-corrected chi connectivity index (χ0v) is 14.1.